The second kappa shape index (κ2) is 7.04. The molecular weight excluding hydrogens is 242 g/mol. The molecule has 0 amide bonds. The standard InChI is InChI=1S/C15H25NO3/c1-2-19-15(18)11-7-8-14(17)12(10-11)13-6-4-3-5-9-16-13/h11-13,16H,2-10H2,1H3. The van der Waals surface area contributed by atoms with Crippen LogP contribution in [-0.4, -0.2) is 30.9 Å². The summed E-state index contributed by atoms with van der Waals surface area (Å²) in [6, 6.07) is 0.271. The lowest BCUT2D eigenvalue weighted by Gasteiger charge is -2.32. The Morgan fingerprint density at radius 2 is 2.16 bits per heavy atom. The number of ether oxygens (including phenoxy) is 1. The van der Waals surface area contributed by atoms with Crippen LogP contribution in [0.3, 0.4) is 0 Å². The van der Waals surface area contributed by atoms with Gasteiger partial charge in [-0.15, -0.1) is 0 Å². The molecule has 19 heavy (non-hydrogen) atoms. The molecule has 0 spiro atoms. The number of ketones is 1. The monoisotopic (exact) mass is 267 g/mol. The highest BCUT2D eigenvalue weighted by atomic mass is 16.5. The Hall–Kier alpha value is -0.900. The van der Waals surface area contributed by atoms with Crippen molar-refractivity contribution in [3.8, 4) is 0 Å². The second-order valence-electron chi connectivity index (χ2n) is 5.71. The number of rotatable bonds is 3. The molecule has 2 fully saturated rings. The van der Waals surface area contributed by atoms with E-state index in [-0.39, 0.29) is 23.8 Å². The molecule has 1 heterocycles. The minimum absolute atomic E-state index is 0.0151. The Balaban J connectivity index is 1.97. The maximum Gasteiger partial charge on any atom is 0.308 e. The Morgan fingerprint density at radius 3 is 2.95 bits per heavy atom. The van der Waals surface area contributed by atoms with Crippen molar-refractivity contribution in [3.05, 3.63) is 0 Å². The summed E-state index contributed by atoms with van der Waals surface area (Å²) in [5, 5.41) is 3.50. The van der Waals surface area contributed by atoms with Crippen molar-refractivity contribution in [2.45, 2.75) is 57.9 Å². The lowest BCUT2D eigenvalue weighted by atomic mass is 9.76. The third kappa shape index (κ3) is 3.78. The highest BCUT2D eigenvalue weighted by Crippen LogP contribution is 2.32. The molecule has 3 unspecified atom stereocenters. The van der Waals surface area contributed by atoms with Crippen LogP contribution in [0.4, 0.5) is 0 Å². The molecule has 1 saturated carbocycles. The largest absolute Gasteiger partial charge is 0.466 e. The van der Waals surface area contributed by atoms with Gasteiger partial charge in [-0.05, 0) is 39.2 Å². The van der Waals surface area contributed by atoms with Gasteiger partial charge in [-0.2, -0.15) is 0 Å². The first-order chi connectivity index (χ1) is 9.22. The lowest BCUT2D eigenvalue weighted by Crippen LogP contribution is -2.44. The van der Waals surface area contributed by atoms with Crippen LogP contribution in [-0.2, 0) is 14.3 Å². The summed E-state index contributed by atoms with van der Waals surface area (Å²) >= 11 is 0. The topological polar surface area (TPSA) is 55.4 Å². The lowest BCUT2D eigenvalue weighted by molar-refractivity contribution is -0.150. The SMILES string of the molecule is CCOC(=O)C1CCC(=O)C(C2CCCCCN2)C1. The van der Waals surface area contributed by atoms with Crippen LogP contribution < -0.4 is 5.32 Å². The maximum atomic E-state index is 12.1. The fourth-order valence-corrected chi connectivity index (χ4v) is 3.32. The number of hydrogen-bond acceptors (Lipinski definition) is 4. The van der Waals surface area contributed by atoms with E-state index in [9.17, 15) is 9.59 Å². The third-order valence-electron chi connectivity index (χ3n) is 4.40. The average Bonchev–Trinajstić information content (AvgIpc) is 2.68. The molecule has 1 saturated heterocycles. The maximum absolute atomic E-state index is 12.1. The van der Waals surface area contributed by atoms with Crippen LogP contribution >= 0.6 is 0 Å². The van der Waals surface area contributed by atoms with Crippen LogP contribution in [0.15, 0.2) is 0 Å². The van der Waals surface area contributed by atoms with Gasteiger partial charge in [0, 0.05) is 18.4 Å². The molecule has 2 rings (SSSR count). The van der Waals surface area contributed by atoms with Crippen molar-refractivity contribution in [3.63, 3.8) is 0 Å². The zero-order chi connectivity index (χ0) is 13.7. The quantitative estimate of drug-likeness (QED) is 0.795. The molecule has 0 radical (unpaired) electrons. The van der Waals surface area contributed by atoms with Gasteiger partial charge in [0.05, 0.1) is 12.5 Å². The van der Waals surface area contributed by atoms with Crippen molar-refractivity contribution >= 4 is 11.8 Å². The van der Waals surface area contributed by atoms with Gasteiger partial charge in [0.2, 0.25) is 0 Å². The first kappa shape index (κ1) is 14.5. The number of carbonyl (C=O) groups is 2. The van der Waals surface area contributed by atoms with Crippen molar-refractivity contribution in [1.82, 2.24) is 5.32 Å². The van der Waals surface area contributed by atoms with Gasteiger partial charge in [-0.3, -0.25) is 9.59 Å². The van der Waals surface area contributed by atoms with Crippen molar-refractivity contribution < 1.29 is 14.3 Å². The van der Waals surface area contributed by atoms with E-state index in [1.54, 1.807) is 0 Å². The molecule has 3 atom stereocenters. The van der Waals surface area contributed by atoms with Crippen LogP contribution in [0.1, 0.15) is 51.9 Å². The summed E-state index contributed by atoms with van der Waals surface area (Å²) in [6.45, 7) is 3.25. The summed E-state index contributed by atoms with van der Waals surface area (Å²) in [4.78, 5) is 24.0. The van der Waals surface area contributed by atoms with E-state index in [2.05, 4.69) is 5.32 Å². The summed E-state index contributed by atoms with van der Waals surface area (Å²) < 4.78 is 5.11. The normalized spacial score (nSPS) is 32.7. The van der Waals surface area contributed by atoms with E-state index < -0.39 is 0 Å². The van der Waals surface area contributed by atoms with Gasteiger partial charge >= 0.3 is 5.97 Å². The second-order valence-corrected chi connectivity index (χ2v) is 5.71. The third-order valence-corrected chi connectivity index (χ3v) is 4.40. The number of Topliss-reactive ketones (excluding diaryl/α,β-unsaturated/α-hetero) is 1. The Morgan fingerprint density at radius 1 is 1.32 bits per heavy atom. The van der Waals surface area contributed by atoms with Gasteiger partial charge in [0.15, 0.2) is 0 Å². The van der Waals surface area contributed by atoms with E-state index in [0.717, 1.165) is 13.0 Å². The minimum atomic E-state index is -0.117. The van der Waals surface area contributed by atoms with Crippen LogP contribution in [0.5, 0.6) is 0 Å². The summed E-state index contributed by atoms with van der Waals surface area (Å²) in [5.74, 6) is 0.155. The summed E-state index contributed by atoms with van der Waals surface area (Å²) in [5.41, 5.74) is 0. The molecule has 4 nitrogen and oxygen atoms in total. The molecule has 2 aliphatic rings. The van der Waals surface area contributed by atoms with Gasteiger partial charge < -0.3 is 10.1 Å². The van der Waals surface area contributed by atoms with E-state index in [1.807, 2.05) is 6.92 Å². The van der Waals surface area contributed by atoms with Gasteiger partial charge in [0.1, 0.15) is 5.78 Å². The van der Waals surface area contributed by atoms with Crippen molar-refractivity contribution in [2.75, 3.05) is 13.2 Å². The van der Waals surface area contributed by atoms with Crippen molar-refractivity contribution in [2.24, 2.45) is 11.8 Å². The molecule has 1 aliphatic carbocycles. The number of esters is 1. The van der Waals surface area contributed by atoms with E-state index in [0.29, 0.717) is 31.7 Å². The fourth-order valence-electron chi connectivity index (χ4n) is 3.32. The highest BCUT2D eigenvalue weighted by Gasteiger charge is 2.37. The molecule has 4 heteroatoms. The molecule has 0 aromatic heterocycles. The molecule has 0 aromatic rings. The first-order valence-corrected chi connectivity index (χ1v) is 7.65. The fraction of sp³-hybridized carbons (Fsp3) is 0.867. The van der Waals surface area contributed by atoms with E-state index >= 15 is 0 Å². The van der Waals surface area contributed by atoms with Crippen molar-refractivity contribution in [1.29, 1.82) is 0 Å². The first-order valence-electron chi connectivity index (χ1n) is 7.65. The predicted molar refractivity (Wildman–Crippen MR) is 72.7 cm³/mol. The number of nitrogens with one attached hydrogen (secondary N) is 1. The van der Waals surface area contributed by atoms with Gasteiger partial charge in [0.25, 0.3) is 0 Å². The zero-order valence-corrected chi connectivity index (χ0v) is 11.8. The predicted octanol–water partition coefficient (Wildman–Crippen LogP) is 2.07. The average molecular weight is 267 g/mol. The van der Waals surface area contributed by atoms with Crippen LogP contribution in [0.25, 0.3) is 0 Å². The molecule has 1 aliphatic heterocycles. The molecule has 0 aromatic carbocycles. The Bertz CT molecular complexity index is 321. The number of carbonyl (C=O) groups excluding carboxylic acids is 2. The Labute approximate surface area is 115 Å². The molecular formula is C15H25NO3. The zero-order valence-electron chi connectivity index (χ0n) is 11.8. The van der Waals surface area contributed by atoms with E-state index in [4.69, 9.17) is 4.74 Å². The van der Waals surface area contributed by atoms with Gasteiger partial charge in [-0.25, -0.2) is 0 Å². The smallest absolute Gasteiger partial charge is 0.308 e. The minimum Gasteiger partial charge on any atom is -0.466 e. The van der Waals surface area contributed by atoms with E-state index in [1.165, 1.54) is 19.3 Å². The number of hydrogen-bond donors (Lipinski definition) is 1. The molecule has 108 valence electrons. The summed E-state index contributed by atoms with van der Waals surface area (Å²) in [7, 11) is 0. The van der Waals surface area contributed by atoms with Gasteiger partial charge in [-0.1, -0.05) is 12.8 Å². The van der Waals surface area contributed by atoms with Crippen LogP contribution in [0, 0.1) is 11.8 Å². The molecule has 0 bridgehead atoms. The van der Waals surface area contributed by atoms with Crippen LogP contribution in [0.2, 0.25) is 0 Å². The highest BCUT2D eigenvalue weighted by molar-refractivity contribution is 5.85. The summed E-state index contributed by atoms with van der Waals surface area (Å²) in [6.07, 6.45) is 6.56. The Kier molecular flexibility index (Phi) is 5.37. The molecule has 1 N–H and O–H groups in total.